The molecule has 8 N–H and O–H groups in total. The van der Waals surface area contributed by atoms with Crippen LogP contribution in [-0.2, 0) is 14.2 Å². The Hall–Kier alpha value is -3.95. The first-order valence-corrected chi connectivity index (χ1v) is 14.9. The van der Waals surface area contributed by atoms with E-state index in [0.717, 1.165) is 7.11 Å². The summed E-state index contributed by atoms with van der Waals surface area (Å²) >= 11 is 0. The molecule has 2 aromatic carbocycles. The molecule has 18 heteroatoms. The van der Waals surface area contributed by atoms with Gasteiger partial charge in [0, 0.05) is 5.56 Å². The van der Waals surface area contributed by atoms with Gasteiger partial charge in [0.1, 0.15) is 60.0 Å². The predicted molar refractivity (Wildman–Crippen MR) is 163 cm³/mol. The third-order valence-corrected chi connectivity index (χ3v) is 8.30. The molecule has 10 atom stereocenters. The molecule has 0 unspecified atom stereocenters. The molecule has 2 aliphatic heterocycles. The van der Waals surface area contributed by atoms with Crippen LogP contribution in [-0.4, -0.2) is 144 Å². The molecule has 270 valence electrons. The zero-order chi connectivity index (χ0) is 35.7. The summed E-state index contributed by atoms with van der Waals surface area (Å²) in [6.45, 7) is -1.61. The molecule has 2 aliphatic rings. The minimum Gasteiger partial charge on any atom is -0.504 e. The van der Waals surface area contributed by atoms with Gasteiger partial charge in [-0.3, -0.25) is 4.79 Å². The van der Waals surface area contributed by atoms with E-state index in [1.54, 1.807) is 24.3 Å². The van der Waals surface area contributed by atoms with Crippen LogP contribution in [0.4, 0.5) is 0 Å². The van der Waals surface area contributed by atoms with E-state index in [4.69, 9.17) is 42.3 Å². The smallest absolute Gasteiger partial charge is 0.239 e. The van der Waals surface area contributed by atoms with Crippen molar-refractivity contribution in [3.63, 3.8) is 0 Å². The number of aliphatic hydroxyl groups excluding tert-OH is 7. The van der Waals surface area contributed by atoms with Crippen molar-refractivity contribution in [3.8, 4) is 45.8 Å². The molecule has 49 heavy (non-hydrogen) atoms. The third-order valence-electron chi connectivity index (χ3n) is 8.30. The average Bonchev–Trinajstić information content (AvgIpc) is 3.11. The van der Waals surface area contributed by atoms with E-state index >= 15 is 0 Å². The molecule has 1 aromatic heterocycles. The number of phenolic OH excluding ortho intramolecular Hbond substituents is 1. The molecule has 0 bridgehead atoms. The molecule has 3 aromatic rings. The van der Waals surface area contributed by atoms with Gasteiger partial charge in [0.25, 0.3) is 0 Å². The quantitative estimate of drug-likeness (QED) is 0.110. The number of ether oxygens (including phenoxy) is 8. The van der Waals surface area contributed by atoms with Gasteiger partial charge in [0.15, 0.2) is 23.4 Å². The van der Waals surface area contributed by atoms with Gasteiger partial charge in [0.2, 0.25) is 34.7 Å². The van der Waals surface area contributed by atoms with Crippen LogP contribution in [0, 0.1) is 0 Å². The Bertz CT molecular complexity index is 1660. The van der Waals surface area contributed by atoms with Gasteiger partial charge < -0.3 is 83.2 Å². The summed E-state index contributed by atoms with van der Waals surface area (Å²) in [4.78, 5) is 13.7. The second-order valence-corrected chi connectivity index (χ2v) is 11.1. The van der Waals surface area contributed by atoms with E-state index < -0.39 is 103 Å². The Labute approximate surface area is 277 Å². The molecule has 0 amide bonds. The maximum atomic E-state index is 13.7. The lowest BCUT2D eigenvalue weighted by molar-refractivity contribution is -0.353. The lowest BCUT2D eigenvalue weighted by atomic mass is 9.97. The van der Waals surface area contributed by atoms with Crippen molar-refractivity contribution in [2.45, 2.75) is 61.4 Å². The SMILES string of the molecule is COc1ccc(-c2oc3c(OC)c(O[C@@H]4O[C@@H](CO)[C@H](O)[C@H](O[C@@H]5O[C@H](CO)[C@@H](O)[C@H](O)[C@H]5O)[C@H]4O)c(OC)c(O)c3c(=O)c2OC)cc1. The summed E-state index contributed by atoms with van der Waals surface area (Å²) in [5.41, 5.74) is -0.748. The Morgan fingerprint density at radius 1 is 0.673 bits per heavy atom. The van der Waals surface area contributed by atoms with E-state index in [0.29, 0.717) is 11.3 Å². The third kappa shape index (κ3) is 6.43. The normalized spacial score (nSPS) is 30.2. The van der Waals surface area contributed by atoms with E-state index in [2.05, 4.69) is 0 Å². The van der Waals surface area contributed by atoms with Crippen LogP contribution < -0.4 is 29.1 Å². The number of aromatic hydroxyl groups is 1. The lowest BCUT2D eigenvalue weighted by Gasteiger charge is -2.45. The maximum Gasteiger partial charge on any atom is 0.239 e. The molecule has 5 rings (SSSR count). The zero-order valence-corrected chi connectivity index (χ0v) is 26.7. The van der Waals surface area contributed by atoms with Crippen molar-refractivity contribution in [3.05, 3.63) is 34.5 Å². The monoisotopic (exact) mass is 698 g/mol. The van der Waals surface area contributed by atoms with Gasteiger partial charge in [-0.25, -0.2) is 0 Å². The Kier molecular flexibility index (Phi) is 11.0. The van der Waals surface area contributed by atoms with Crippen molar-refractivity contribution < 1.29 is 83.2 Å². The van der Waals surface area contributed by atoms with Gasteiger partial charge in [0.05, 0.1) is 41.7 Å². The second-order valence-electron chi connectivity index (χ2n) is 11.1. The largest absolute Gasteiger partial charge is 0.504 e. The van der Waals surface area contributed by atoms with Crippen molar-refractivity contribution >= 4 is 11.0 Å². The lowest BCUT2D eigenvalue weighted by Crippen LogP contribution is -2.65. The fourth-order valence-corrected chi connectivity index (χ4v) is 5.68. The van der Waals surface area contributed by atoms with Crippen molar-refractivity contribution in [2.75, 3.05) is 41.7 Å². The molecule has 3 heterocycles. The topological polar surface area (TPSA) is 266 Å². The van der Waals surface area contributed by atoms with Gasteiger partial charge >= 0.3 is 0 Å². The van der Waals surface area contributed by atoms with Crippen molar-refractivity contribution in [1.82, 2.24) is 0 Å². The van der Waals surface area contributed by atoms with Crippen LogP contribution in [0.1, 0.15) is 0 Å². The summed E-state index contributed by atoms with van der Waals surface area (Å²) in [6.07, 6.45) is -17.4. The zero-order valence-electron chi connectivity index (χ0n) is 26.7. The first kappa shape index (κ1) is 36.3. The molecular weight excluding hydrogens is 660 g/mol. The molecule has 2 saturated heterocycles. The van der Waals surface area contributed by atoms with Crippen LogP contribution in [0.25, 0.3) is 22.3 Å². The molecule has 0 spiro atoms. The molecule has 0 saturated carbocycles. The highest BCUT2D eigenvalue weighted by Crippen LogP contribution is 2.52. The molecule has 2 fully saturated rings. The number of phenols is 1. The van der Waals surface area contributed by atoms with Crippen molar-refractivity contribution in [2.24, 2.45) is 0 Å². The van der Waals surface area contributed by atoms with Crippen molar-refractivity contribution in [1.29, 1.82) is 0 Å². The minimum absolute atomic E-state index is 0.0538. The van der Waals surface area contributed by atoms with E-state index in [1.807, 2.05) is 0 Å². The summed E-state index contributed by atoms with van der Waals surface area (Å²) in [5.74, 6) is -1.79. The maximum absolute atomic E-state index is 13.7. The summed E-state index contributed by atoms with van der Waals surface area (Å²) in [7, 11) is 5.05. The Morgan fingerprint density at radius 3 is 1.84 bits per heavy atom. The average molecular weight is 699 g/mol. The number of rotatable bonds is 11. The Morgan fingerprint density at radius 2 is 1.27 bits per heavy atom. The number of methoxy groups -OCH3 is 4. The van der Waals surface area contributed by atoms with Crippen LogP contribution in [0.2, 0.25) is 0 Å². The summed E-state index contributed by atoms with van der Waals surface area (Å²) in [6, 6.07) is 6.43. The molecule has 0 radical (unpaired) electrons. The van der Waals surface area contributed by atoms with Crippen LogP contribution in [0.3, 0.4) is 0 Å². The van der Waals surface area contributed by atoms with Gasteiger partial charge in [-0.15, -0.1) is 0 Å². The van der Waals surface area contributed by atoms with Crippen LogP contribution >= 0.6 is 0 Å². The van der Waals surface area contributed by atoms with Gasteiger partial charge in [-0.05, 0) is 24.3 Å². The first-order chi connectivity index (χ1) is 23.4. The van der Waals surface area contributed by atoms with Crippen LogP contribution in [0.5, 0.6) is 34.5 Å². The summed E-state index contributed by atoms with van der Waals surface area (Å²) < 4.78 is 50.1. The van der Waals surface area contributed by atoms with Crippen LogP contribution in [0.15, 0.2) is 33.5 Å². The van der Waals surface area contributed by atoms with Gasteiger partial charge in [-0.1, -0.05) is 0 Å². The highest BCUT2D eigenvalue weighted by atomic mass is 16.7. The van der Waals surface area contributed by atoms with E-state index in [1.165, 1.54) is 21.3 Å². The molecule has 18 nitrogen and oxygen atoms in total. The van der Waals surface area contributed by atoms with Gasteiger partial charge in [-0.2, -0.15) is 0 Å². The first-order valence-electron chi connectivity index (χ1n) is 14.9. The number of hydrogen-bond donors (Lipinski definition) is 8. The number of aliphatic hydroxyl groups is 7. The fourth-order valence-electron chi connectivity index (χ4n) is 5.68. The standard InChI is InChI=1S/C31H38O18/c1-41-12-7-5-11(6-8-12)23-26(42-2)18(36)15-19(37)27(43-3)29(28(44-4)24(15)47-23)49-31-22(40)25(17(35)14(10-33)46-31)48-30-21(39)20(38)16(34)13(9-32)45-30/h5-8,13-14,16-17,20-22,25,30-35,37-40H,9-10H2,1-4H3/t13-,14+,16-,17+,20+,21-,22-,25+,30+,31+/m1/s1. The fraction of sp³-hybridized carbons (Fsp3) is 0.516. The molecular formula is C31H38O18. The predicted octanol–water partition coefficient (Wildman–Crippen LogP) is -1.80. The summed E-state index contributed by atoms with van der Waals surface area (Å²) in [5, 5.41) is 83.4. The number of hydrogen-bond acceptors (Lipinski definition) is 18. The van der Waals surface area contributed by atoms with E-state index in [-0.39, 0.29) is 22.8 Å². The van der Waals surface area contributed by atoms with E-state index in [9.17, 15) is 45.6 Å². The molecule has 0 aliphatic carbocycles. The Balaban J connectivity index is 1.58. The highest BCUT2D eigenvalue weighted by Gasteiger charge is 2.51. The second kappa shape index (κ2) is 14.9. The number of benzene rings is 2. The minimum atomic E-state index is -1.96. The number of fused-ring (bicyclic) bond motifs is 1. The highest BCUT2D eigenvalue weighted by molar-refractivity contribution is 5.96.